The zero-order valence-corrected chi connectivity index (χ0v) is 22.9. The zero-order valence-electron chi connectivity index (χ0n) is 22.1. The molecule has 0 radical (unpaired) electrons. The summed E-state index contributed by atoms with van der Waals surface area (Å²) in [6.45, 7) is 2.12. The first-order valence-corrected chi connectivity index (χ1v) is 13.3. The van der Waals surface area contributed by atoms with Gasteiger partial charge in [-0.1, -0.05) is 66.2 Å². The van der Waals surface area contributed by atoms with Gasteiger partial charge >= 0.3 is 5.69 Å². The average Bonchev–Trinajstić information content (AvgIpc) is 3.47. The Kier molecular flexibility index (Phi) is 8.73. The largest absolute Gasteiger partial charge is 0.488 e. The fraction of sp³-hybridized carbons (Fsp3) is 0.200. The number of hydrogen-bond acceptors (Lipinski definition) is 9. The highest BCUT2D eigenvalue weighted by molar-refractivity contribution is 6.34. The third-order valence-corrected chi connectivity index (χ3v) is 6.96. The monoisotopic (exact) mass is 574 g/mol. The Morgan fingerprint density at radius 1 is 0.951 bits per heavy atom. The van der Waals surface area contributed by atoms with E-state index in [1.54, 1.807) is 19.1 Å². The van der Waals surface area contributed by atoms with Crippen molar-refractivity contribution in [1.82, 2.24) is 15.6 Å². The fourth-order valence-corrected chi connectivity index (χ4v) is 4.53. The number of aromatic nitrogens is 2. The minimum absolute atomic E-state index is 0.00869. The number of nitrogens with one attached hydrogen (secondary N) is 1. The average molecular weight is 575 g/mol. The molecule has 41 heavy (non-hydrogen) atoms. The summed E-state index contributed by atoms with van der Waals surface area (Å²) in [4.78, 5) is 11.6. The number of hydrogen-bond donors (Lipinski definition) is 2. The van der Waals surface area contributed by atoms with E-state index in [1.807, 2.05) is 54.6 Å². The van der Waals surface area contributed by atoms with Gasteiger partial charge in [-0.25, -0.2) is 4.63 Å². The summed E-state index contributed by atoms with van der Waals surface area (Å²) in [5.74, 6) is 0.437. The maximum Gasteiger partial charge on any atom is 0.311 e. The van der Waals surface area contributed by atoms with Crippen LogP contribution in [0.5, 0.6) is 11.5 Å². The topological polar surface area (TPSA) is 133 Å². The highest BCUT2D eigenvalue weighted by Crippen LogP contribution is 2.37. The van der Waals surface area contributed by atoms with Gasteiger partial charge in [0.15, 0.2) is 0 Å². The second-order valence-electron chi connectivity index (χ2n) is 9.46. The molecule has 10 nitrogen and oxygen atoms in total. The maximum absolute atomic E-state index is 12.1. The number of nitro groups is 1. The number of aliphatic hydroxyl groups is 1. The van der Waals surface area contributed by atoms with Crippen LogP contribution >= 0.6 is 11.6 Å². The van der Waals surface area contributed by atoms with Gasteiger partial charge in [-0.3, -0.25) is 10.1 Å². The summed E-state index contributed by atoms with van der Waals surface area (Å²) < 4.78 is 16.9. The Morgan fingerprint density at radius 3 is 2.51 bits per heavy atom. The fourth-order valence-electron chi connectivity index (χ4n) is 4.24. The van der Waals surface area contributed by atoms with Gasteiger partial charge in [0.1, 0.15) is 30.0 Å². The van der Waals surface area contributed by atoms with Crippen molar-refractivity contribution in [3.63, 3.8) is 0 Å². The molecule has 2 N–H and O–H groups in total. The third-order valence-electron chi connectivity index (χ3n) is 6.51. The molecule has 5 rings (SSSR count). The highest BCUT2D eigenvalue weighted by atomic mass is 35.5. The van der Waals surface area contributed by atoms with Crippen LogP contribution < -0.4 is 14.8 Å². The predicted molar refractivity (Wildman–Crippen MR) is 154 cm³/mol. The van der Waals surface area contributed by atoms with Crippen molar-refractivity contribution in [2.24, 2.45) is 0 Å². The van der Waals surface area contributed by atoms with E-state index in [-0.39, 0.29) is 43.8 Å². The first-order chi connectivity index (χ1) is 19.9. The molecule has 0 saturated carbocycles. The smallest absolute Gasteiger partial charge is 0.311 e. The molecule has 0 saturated heterocycles. The van der Waals surface area contributed by atoms with Crippen molar-refractivity contribution in [3.05, 3.63) is 111 Å². The van der Waals surface area contributed by atoms with Crippen molar-refractivity contribution < 1.29 is 24.1 Å². The number of ether oxygens (including phenoxy) is 2. The lowest BCUT2D eigenvalue weighted by atomic mass is 10.0. The number of nitrogens with zero attached hydrogens (tertiary/aromatic N) is 3. The van der Waals surface area contributed by atoms with Crippen LogP contribution in [0.25, 0.3) is 22.2 Å². The van der Waals surface area contributed by atoms with Crippen molar-refractivity contribution >= 4 is 28.3 Å². The summed E-state index contributed by atoms with van der Waals surface area (Å²) in [5.41, 5.74) is 4.82. The van der Waals surface area contributed by atoms with Crippen molar-refractivity contribution in [2.45, 2.75) is 32.7 Å². The van der Waals surface area contributed by atoms with Gasteiger partial charge in [-0.2, -0.15) is 0 Å². The molecular weight excluding hydrogens is 548 g/mol. The first-order valence-electron chi connectivity index (χ1n) is 12.9. The Morgan fingerprint density at radius 2 is 1.73 bits per heavy atom. The molecule has 5 aromatic rings. The molecule has 1 atom stereocenters. The van der Waals surface area contributed by atoms with E-state index in [0.717, 1.165) is 16.7 Å². The lowest BCUT2D eigenvalue weighted by Crippen LogP contribution is -2.28. The molecule has 0 amide bonds. The van der Waals surface area contributed by atoms with E-state index < -0.39 is 4.92 Å². The molecule has 0 bridgehead atoms. The molecule has 11 heteroatoms. The Bertz CT molecular complexity index is 1660. The summed E-state index contributed by atoms with van der Waals surface area (Å²) in [6, 6.07) is 23.4. The van der Waals surface area contributed by atoms with Crippen LogP contribution in [0.3, 0.4) is 0 Å². The number of aliphatic hydroxyl groups excluding tert-OH is 1. The van der Waals surface area contributed by atoms with E-state index >= 15 is 0 Å². The van der Waals surface area contributed by atoms with Crippen LogP contribution in [-0.2, 0) is 19.8 Å². The number of halogens is 1. The predicted octanol–water partition coefficient (Wildman–Crippen LogP) is 6.08. The van der Waals surface area contributed by atoms with Crippen LogP contribution in [0.1, 0.15) is 23.6 Å². The number of nitro benzene ring substituents is 1. The van der Waals surface area contributed by atoms with Gasteiger partial charge < -0.3 is 19.9 Å². The lowest BCUT2D eigenvalue weighted by molar-refractivity contribution is -0.386. The number of benzene rings is 4. The highest BCUT2D eigenvalue weighted by Gasteiger charge is 2.22. The molecule has 1 heterocycles. The summed E-state index contributed by atoms with van der Waals surface area (Å²) in [7, 11) is 0. The van der Waals surface area contributed by atoms with Crippen molar-refractivity contribution in [2.75, 3.05) is 6.61 Å². The van der Waals surface area contributed by atoms with Crippen molar-refractivity contribution in [3.8, 4) is 22.6 Å². The molecule has 0 fully saturated rings. The van der Waals surface area contributed by atoms with Gasteiger partial charge in [0.25, 0.3) is 0 Å². The van der Waals surface area contributed by atoms with Gasteiger partial charge in [0.2, 0.25) is 5.75 Å². The van der Waals surface area contributed by atoms with Gasteiger partial charge in [-0.05, 0) is 40.5 Å². The standard InChI is InChI=1S/C30H27ClN4O6/c1-19(16-36)32-15-23-13-27(35(37)38)29(14-28(23)39-17-20-10-11-25-26(12-20)34-41-33-25)40-18-22-8-5-9-24(30(22)31)21-6-3-2-4-7-21/h2-14,19,32,36H,15-18H2,1H3/t19-/m0/s1. The van der Waals surface area contributed by atoms with Gasteiger partial charge in [-0.15, -0.1) is 0 Å². The normalized spacial score (nSPS) is 11.9. The molecule has 0 unspecified atom stereocenters. The van der Waals surface area contributed by atoms with Crippen molar-refractivity contribution in [1.29, 1.82) is 0 Å². The zero-order chi connectivity index (χ0) is 28.8. The molecule has 0 aliphatic carbocycles. The minimum atomic E-state index is -0.494. The Balaban J connectivity index is 1.43. The van der Waals surface area contributed by atoms with Crippen LogP contribution in [0.2, 0.25) is 5.02 Å². The molecule has 0 spiro atoms. The third kappa shape index (κ3) is 6.63. The molecule has 1 aromatic heterocycles. The summed E-state index contributed by atoms with van der Waals surface area (Å²) in [5, 5.41) is 32.8. The molecular formula is C30H27ClN4O6. The molecule has 0 aliphatic rings. The van der Waals surface area contributed by atoms with Gasteiger partial charge in [0.05, 0.1) is 16.6 Å². The Labute approximate surface area is 240 Å². The second-order valence-corrected chi connectivity index (χ2v) is 9.84. The van der Waals surface area contributed by atoms with E-state index in [9.17, 15) is 15.2 Å². The molecule has 210 valence electrons. The van der Waals surface area contributed by atoms with E-state index in [4.69, 9.17) is 25.7 Å². The Hall–Kier alpha value is -4.51. The van der Waals surface area contributed by atoms with Crippen LogP contribution in [0, 0.1) is 10.1 Å². The number of fused-ring (bicyclic) bond motifs is 1. The first kappa shape index (κ1) is 28.0. The summed E-state index contributed by atoms with van der Waals surface area (Å²) >= 11 is 6.72. The van der Waals surface area contributed by atoms with Crippen LogP contribution in [-0.4, -0.2) is 33.0 Å². The van der Waals surface area contributed by atoms with E-state index in [0.29, 0.717) is 32.9 Å². The quantitative estimate of drug-likeness (QED) is 0.134. The lowest BCUT2D eigenvalue weighted by Gasteiger charge is -2.17. The van der Waals surface area contributed by atoms with Gasteiger partial charge in [0, 0.05) is 41.4 Å². The minimum Gasteiger partial charge on any atom is -0.488 e. The van der Waals surface area contributed by atoms with Crippen LogP contribution in [0.4, 0.5) is 5.69 Å². The molecule has 4 aromatic carbocycles. The maximum atomic E-state index is 12.1. The second kappa shape index (κ2) is 12.8. The summed E-state index contributed by atoms with van der Waals surface area (Å²) in [6.07, 6.45) is 0. The van der Waals surface area contributed by atoms with E-state index in [1.165, 1.54) is 12.1 Å². The van der Waals surface area contributed by atoms with Crippen LogP contribution in [0.15, 0.2) is 83.5 Å². The SMILES string of the molecule is C[C@@H](CO)NCc1cc([N+](=O)[O-])c(OCc2cccc(-c3ccccc3)c2Cl)cc1OCc1ccc2nonc2c1. The number of rotatable bonds is 12. The van der Waals surface area contributed by atoms with E-state index in [2.05, 4.69) is 15.6 Å². The molecule has 0 aliphatic heterocycles.